The summed E-state index contributed by atoms with van der Waals surface area (Å²) in [6, 6.07) is 0. The third kappa shape index (κ3) is 32300. The van der Waals surface area contributed by atoms with Gasteiger partial charge in [-0.2, -0.15) is 0 Å². The quantitative estimate of drug-likeness (QED) is 0.107. The third-order valence-corrected chi connectivity index (χ3v) is 0. The van der Waals surface area contributed by atoms with Gasteiger partial charge in [-0.05, 0) is 0 Å². The summed E-state index contributed by atoms with van der Waals surface area (Å²) >= 11 is 0. The fourth-order valence-corrected chi connectivity index (χ4v) is 0. The Bertz CT molecular complexity index is 191. The molecule has 0 aromatic rings. The average Bonchev–Trinajstić information content (AvgIpc) is 2.47. The number of hydrogen-bond donors (Lipinski definition) is 28. The van der Waals surface area contributed by atoms with Gasteiger partial charge in [0.1, 0.15) is 0 Å². The minimum Gasteiger partial charge on any atom is -0.871 e. The van der Waals surface area contributed by atoms with Crippen LogP contribution in [0.25, 0.3) is 0 Å². The van der Waals surface area contributed by atoms with Crippen molar-refractivity contribution in [2.45, 2.75) is 0 Å². The van der Waals surface area contributed by atoms with E-state index in [-0.39, 0.29) is 59.1 Å². The zero-order chi connectivity index (χ0) is 35.8. The number of hydrogen-bond acceptors (Lipinski definition) is 30. The zero-order valence-corrected chi connectivity index (χ0v) is 25.1. The smallest absolute Gasteiger partial charge is 0.871 e. The molecule has 30 nitrogen and oxygen atoms in total. The van der Waals surface area contributed by atoms with Crippen LogP contribution in [0.1, 0.15) is 0 Å². The van der Waals surface area contributed by atoms with Crippen molar-refractivity contribution < 1.29 is 210 Å². The summed E-state index contributed by atoms with van der Waals surface area (Å²) in [6.45, 7) is 0. The molecule has 0 atom stereocenters. The second-order valence-electron chi connectivity index (χ2n) is 3.42. The summed E-state index contributed by atoms with van der Waals surface area (Å²) in [7, 11) is -22.2. The van der Waals surface area contributed by atoms with E-state index < -0.39 is 73.2 Å². The van der Waals surface area contributed by atoms with Crippen LogP contribution < -0.4 is 69.2 Å². The number of rotatable bonds is 0. The molecule has 0 saturated carbocycles. The van der Waals surface area contributed by atoms with E-state index in [0.29, 0.717) is 0 Å². The standard InChI is InChI=1S/9BH3O3.BHO3.2Na/c10*2-1(3)4;;/h9*2-4H;2H;;/q;;;;;;;;;-2;2*+1. The van der Waals surface area contributed by atoms with Crippen molar-refractivity contribution in [3.8, 4) is 0 Å². The van der Waals surface area contributed by atoms with Crippen molar-refractivity contribution >= 4 is 73.2 Å². The van der Waals surface area contributed by atoms with Gasteiger partial charge in [-0.1, -0.05) is 0 Å². The zero-order valence-electron chi connectivity index (χ0n) is 21.1. The van der Waals surface area contributed by atoms with Crippen LogP contribution in [-0.2, 0) is 0 Å². The molecular weight excluding hydrogens is 634 g/mol. The molecule has 0 heterocycles. The van der Waals surface area contributed by atoms with E-state index in [9.17, 15) is 0 Å². The fraction of sp³-hybridized carbons (Fsp3) is 0. The van der Waals surface area contributed by atoms with Crippen molar-refractivity contribution in [3.05, 3.63) is 0 Å². The fourth-order valence-electron chi connectivity index (χ4n) is 0. The van der Waals surface area contributed by atoms with Crippen molar-refractivity contribution in [1.29, 1.82) is 0 Å². The Morgan fingerprint density at radius 1 is 0.190 bits per heavy atom. The first-order chi connectivity index (χ1) is 17.3. The molecule has 0 bridgehead atoms. The molecule has 0 fully saturated rings. The predicted octanol–water partition coefficient (Wildman–Crippen LogP) is -27.8. The Morgan fingerprint density at radius 3 is 0.190 bits per heavy atom. The molecule has 0 rings (SSSR count). The van der Waals surface area contributed by atoms with Gasteiger partial charge in [-0.25, -0.2) is 0 Å². The summed E-state index contributed by atoms with van der Waals surface area (Å²) in [5.74, 6) is 0. The minimum atomic E-state index is -2.67. The van der Waals surface area contributed by atoms with E-state index in [1.54, 1.807) is 0 Å². The Labute approximate surface area is 281 Å². The van der Waals surface area contributed by atoms with E-state index >= 15 is 0 Å². The topological polar surface area (TPSA) is 613 Å². The van der Waals surface area contributed by atoms with Gasteiger partial charge in [0.15, 0.2) is 0 Å². The molecule has 0 unspecified atom stereocenters. The SMILES string of the molecule is OB(O)O.OB(O)O.OB(O)O.OB(O)O.OB(O)O.OB(O)O.OB(O)O.OB(O)O.OB(O)O.[Na+].[Na+].[O-]B([O-])O. The molecule has 42 heteroatoms. The van der Waals surface area contributed by atoms with Gasteiger partial charge in [0.25, 0.3) is 0 Å². The molecule has 0 amide bonds. The van der Waals surface area contributed by atoms with Gasteiger partial charge < -0.3 is 151 Å². The molecule has 0 radical (unpaired) electrons. The second kappa shape index (κ2) is 73.7. The molecule has 0 aliphatic rings. The molecule has 0 aliphatic carbocycles. The van der Waals surface area contributed by atoms with E-state index in [4.69, 9.17) is 151 Å². The Hall–Kier alpha value is 1.45. The Balaban J connectivity index is -0.0000000237. The minimum absolute atomic E-state index is 0. The first-order valence-electron chi connectivity index (χ1n) is 7.70. The molecule has 42 heavy (non-hydrogen) atoms. The second-order valence-corrected chi connectivity index (χ2v) is 3.42. The normalized spacial score (nSPS) is 6.43. The Kier molecular flexibility index (Phi) is 139. The van der Waals surface area contributed by atoms with Crippen LogP contribution in [0.4, 0.5) is 0 Å². The van der Waals surface area contributed by atoms with E-state index in [0.717, 1.165) is 0 Å². The maximum atomic E-state index is 8.53. The van der Waals surface area contributed by atoms with Crippen molar-refractivity contribution in [3.63, 3.8) is 0 Å². The van der Waals surface area contributed by atoms with E-state index in [1.807, 2.05) is 0 Å². The molecular formula is H28B10Na2O30. The first-order valence-corrected chi connectivity index (χ1v) is 7.70. The van der Waals surface area contributed by atoms with Crippen LogP contribution in [-0.4, -0.2) is 214 Å². The maximum Gasteiger partial charge on any atom is 1.00 e. The summed E-state index contributed by atoms with van der Waals surface area (Å²) in [6.07, 6.45) is 0. The summed E-state index contributed by atoms with van der Waals surface area (Å²) in [4.78, 5) is 0. The maximum absolute atomic E-state index is 8.53. The molecule has 0 saturated heterocycles. The summed E-state index contributed by atoms with van der Waals surface area (Å²) in [5.41, 5.74) is 0. The van der Waals surface area contributed by atoms with Gasteiger partial charge >= 0.3 is 125 Å². The van der Waals surface area contributed by atoms with Gasteiger partial charge in [0, 0.05) is 0 Å². The molecule has 28 N–H and O–H groups in total. The van der Waals surface area contributed by atoms with Crippen LogP contribution in [0.5, 0.6) is 0 Å². The van der Waals surface area contributed by atoms with Crippen LogP contribution in [0, 0.1) is 0 Å². The van der Waals surface area contributed by atoms with Crippen molar-refractivity contribution in [2.24, 2.45) is 0 Å². The van der Waals surface area contributed by atoms with Gasteiger partial charge in [0.2, 0.25) is 0 Å². The molecule has 0 aliphatic heterocycles. The van der Waals surface area contributed by atoms with Gasteiger partial charge in [0.05, 0.1) is 7.32 Å². The molecule has 240 valence electrons. The van der Waals surface area contributed by atoms with Crippen LogP contribution in [0.15, 0.2) is 0 Å². The third-order valence-electron chi connectivity index (χ3n) is 0. The average molecular weight is 662 g/mol. The first kappa shape index (κ1) is 79.2. The van der Waals surface area contributed by atoms with Crippen LogP contribution in [0.2, 0.25) is 0 Å². The summed E-state index contributed by atoms with van der Waals surface area (Å²) < 4.78 is 0. The predicted molar refractivity (Wildman–Crippen MR) is 120 cm³/mol. The van der Waals surface area contributed by atoms with Crippen LogP contribution >= 0.6 is 0 Å². The Morgan fingerprint density at radius 2 is 0.190 bits per heavy atom. The molecule has 0 aromatic carbocycles. The summed E-state index contributed by atoms with van der Waals surface area (Å²) in [5, 5.41) is 217. The molecule has 0 aromatic heterocycles. The van der Waals surface area contributed by atoms with Crippen molar-refractivity contribution in [1.82, 2.24) is 0 Å². The van der Waals surface area contributed by atoms with Crippen LogP contribution in [0.3, 0.4) is 0 Å². The van der Waals surface area contributed by atoms with E-state index in [1.165, 1.54) is 0 Å². The van der Waals surface area contributed by atoms with E-state index in [2.05, 4.69) is 0 Å². The molecule has 0 spiro atoms. The van der Waals surface area contributed by atoms with Crippen molar-refractivity contribution in [2.75, 3.05) is 0 Å². The van der Waals surface area contributed by atoms with Gasteiger partial charge in [-0.15, -0.1) is 0 Å². The monoisotopic (exact) mass is 664 g/mol. The van der Waals surface area contributed by atoms with Gasteiger partial charge in [-0.3, -0.25) is 0 Å². The largest absolute Gasteiger partial charge is 1.00 e.